The van der Waals surface area contributed by atoms with E-state index in [-0.39, 0.29) is 18.0 Å². The first-order valence-electron chi connectivity index (χ1n) is 6.98. The molecule has 0 saturated heterocycles. The van der Waals surface area contributed by atoms with E-state index in [1.165, 1.54) is 29.0 Å². The maximum Gasteiger partial charge on any atom is 0.245 e. The van der Waals surface area contributed by atoms with E-state index in [9.17, 15) is 8.42 Å². The molecule has 0 aliphatic carbocycles. The van der Waals surface area contributed by atoms with Crippen molar-refractivity contribution in [2.45, 2.75) is 18.0 Å². The normalized spacial score (nSPS) is 11.7. The third-order valence-corrected chi connectivity index (χ3v) is 5.04. The van der Waals surface area contributed by atoms with Gasteiger partial charge < -0.3 is 4.42 Å². The third-order valence-electron chi connectivity index (χ3n) is 3.27. The van der Waals surface area contributed by atoms with Crippen LogP contribution in [0.3, 0.4) is 0 Å². The van der Waals surface area contributed by atoms with Crippen LogP contribution in [-0.2, 0) is 23.1 Å². The molecule has 3 aromatic rings. The highest BCUT2D eigenvalue weighted by Gasteiger charge is 2.26. The van der Waals surface area contributed by atoms with Gasteiger partial charge in [-0.15, -0.1) is 0 Å². The topological polar surface area (TPSA) is 76.3 Å². The van der Waals surface area contributed by atoms with E-state index in [1.54, 1.807) is 36.7 Å². The SMILES string of the molecule is O=S(=O)(c1cccnc1)N(Cc1cccnc1)Cc1ccco1. The van der Waals surface area contributed by atoms with Crippen molar-refractivity contribution in [1.29, 1.82) is 0 Å². The van der Waals surface area contributed by atoms with Crippen LogP contribution in [0.5, 0.6) is 0 Å². The third kappa shape index (κ3) is 3.64. The largest absolute Gasteiger partial charge is 0.468 e. The first-order valence-corrected chi connectivity index (χ1v) is 8.42. The molecule has 0 radical (unpaired) electrons. The molecule has 118 valence electrons. The summed E-state index contributed by atoms with van der Waals surface area (Å²) in [6, 6.07) is 10.2. The number of hydrogen-bond donors (Lipinski definition) is 0. The number of hydrogen-bond acceptors (Lipinski definition) is 5. The predicted molar refractivity (Wildman–Crippen MR) is 83.6 cm³/mol. The van der Waals surface area contributed by atoms with Crippen molar-refractivity contribution in [3.63, 3.8) is 0 Å². The van der Waals surface area contributed by atoms with E-state index in [4.69, 9.17) is 4.42 Å². The number of rotatable bonds is 6. The number of sulfonamides is 1. The number of pyridine rings is 2. The molecule has 7 heteroatoms. The van der Waals surface area contributed by atoms with Gasteiger partial charge in [-0.2, -0.15) is 4.31 Å². The first kappa shape index (κ1) is 15.4. The minimum Gasteiger partial charge on any atom is -0.468 e. The van der Waals surface area contributed by atoms with E-state index in [1.807, 2.05) is 6.07 Å². The summed E-state index contributed by atoms with van der Waals surface area (Å²) in [4.78, 5) is 8.08. The lowest BCUT2D eigenvalue weighted by Crippen LogP contribution is -2.30. The van der Waals surface area contributed by atoms with Crippen LogP contribution in [0.15, 0.2) is 76.8 Å². The second kappa shape index (κ2) is 6.72. The summed E-state index contributed by atoms with van der Waals surface area (Å²) in [5.74, 6) is 0.571. The molecule has 0 unspecified atom stereocenters. The van der Waals surface area contributed by atoms with E-state index < -0.39 is 10.0 Å². The highest BCUT2D eigenvalue weighted by molar-refractivity contribution is 7.89. The van der Waals surface area contributed by atoms with Crippen molar-refractivity contribution in [2.75, 3.05) is 0 Å². The molecule has 0 aliphatic rings. The molecule has 0 saturated carbocycles. The lowest BCUT2D eigenvalue weighted by atomic mass is 10.3. The standard InChI is InChI=1S/C16H15N3O3S/c20-23(21,16-6-2-8-18-11-16)19(13-15-5-3-9-22-15)12-14-4-1-7-17-10-14/h1-11H,12-13H2. The molecule has 3 rings (SSSR count). The Labute approximate surface area is 134 Å². The molecule has 3 heterocycles. The zero-order valence-electron chi connectivity index (χ0n) is 12.2. The highest BCUT2D eigenvalue weighted by atomic mass is 32.2. The van der Waals surface area contributed by atoms with Crippen LogP contribution < -0.4 is 0 Å². The first-order chi connectivity index (χ1) is 11.2. The van der Waals surface area contributed by atoms with Gasteiger partial charge in [0.2, 0.25) is 10.0 Å². The number of nitrogens with zero attached hydrogens (tertiary/aromatic N) is 3. The average Bonchev–Trinajstić information content (AvgIpc) is 3.09. The summed E-state index contributed by atoms with van der Waals surface area (Å²) in [6.45, 7) is 0.338. The summed E-state index contributed by atoms with van der Waals surface area (Å²) in [7, 11) is -3.69. The van der Waals surface area contributed by atoms with Gasteiger partial charge in [0.1, 0.15) is 10.7 Å². The smallest absolute Gasteiger partial charge is 0.245 e. The Morgan fingerprint density at radius 2 is 1.74 bits per heavy atom. The Bertz CT molecular complexity index is 835. The van der Waals surface area contributed by atoms with Gasteiger partial charge in [-0.25, -0.2) is 8.42 Å². The molecule has 0 fully saturated rings. The van der Waals surface area contributed by atoms with Crippen LogP contribution in [0.1, 0.15) is 11.3 Å². The second-order valence-electron chi connectivity index (χ2n) is 4.90. The molecular formula is C16H15N3O3S. The van der Waals surface area contributed by atoms with Crippen LogP contribution in [0, 0.1) is 0 Å². The summed E-state index contributed by atoms with van der Waals surface area (Å²) >= 11 is 0. The average molecular weight is 329 g/mol. The van der Waals surface area contributed by atoms with Gasteiger partial charge in [0.15, 0.2) is 0 Å². The Balaban J connectivity index is 1.94. The molecule has 0 atom stereocenters. The van der Waals surface area contributed by atoms with Gasteiger partial charge in [-0.05, 0) is 35.9 Å². The van der Waals surface area contributed by atoms with Crippen LogP contribution in [0.2, 0.25) is 0 Å². The minimum atomic E-state index is -3.69. The Kier molecular flexibility index (Phi) is 4.50. The molecular weight excluding hydrogens is 314 g/mol. The van der Waals surface area contributed by atoms with Crippen molar-refractivity contribution in [3.8, 4) is 0 Å². The fourth-order valence-electron chi connectivity index (χ4n) is 2.15. The Hall–Kier alpha value is -2.51. The van der Waals surface area contributed by atoms with Crippen LogP contribution >= 0.6 is 0 Å². The lowest BCUT2D eigenvalue weighted by molar-refractivity contribution is 0.358. The number of aromatic nitrogens is 2. The van der Waals surface area contributed by atoms with Crippen LogP contribution in [-0.4, -0.2) is 22.7 Å². The maximum atomic E-state index is 12.9. The molecule has 3 aromatic heterocycles. The second-order valence-corrected chi connectivity index (χ2v) is 6.84. The highest BCUT2D eigenvalue weighted by Crippen LogP contribution is 2.20. The fraction of sp³-hybridized carbons (Fsp3) is 0.125. The van der Waals surface area contributed by atoms with Crippen LogP contribution in [0.4, 0.5) is 0 Å². The van der Waals surface area contributed by atoms with Gasteiger partial charge in [0.25, 0.3) is 0 Å². The molecule has 6 nitrogen and oxygen atoms in total. The summed E-state index contributed by atoms with van der Waals surface area (Å²) in [6.07, 6.45) is 7.70. The van der Waals surface area contributed by atoms with Crippen LogP contribution in [0.25, 0.3) is 0 Å². The zero-order valence-corrected chi connectivity index (χ0v) is 13.1. The molecule has 0 bridgehead atoms. The van der Waals surface area contributed by atoms with Gasteiger partial charge in [-0.1, -0.05) is 6.07 Å². The predicted octanol–water partition coefficient (Wildman–Crippen LogP) is 2.46. The van der Waals surface area contributed by atoms with Crippen molar-refractivity contribution in [3.05, 3.63) is 78.8 Å². The van der Waals surface area contributed by atoms with E-state index in [0.717, 1.165) is 5.56 Å². The fourth-order valence-corrected chi connectivity index (χ4v) is 3.51. The van der Waals surface area contributed by atoms with E-state index in [2.05, 4.69) is 9.97 Å². The molecule has 23 heavy (non-hydrogen) atoms. The minimum absolute atomic E-state index is 0.138. The van der Waals surface area contributed by atoms with E-state index >= 15 is 0 Å². The van der Waals surface area contributed by atoms with Gasteiger partial charge >= 0.3 is 0 Å². The van der Waals surface area contributed by atoms with Crippen molar-refractivity contribution in [2.24, 2.45) is 0 Å². The number of furan rings is 1. The van der Waals surface area contributed by atoms with Gasteiger partial charge in [0, 0.05) is 31.3 Å². The van der Waals surface area contributed by atoms with Gasteiger partial charge in [-0.3, -0.25) is 9.97 Å². The van der Waals surface area contributed by atoms with Crippen molar-refractivity contribution >= 4 is 10.0 Å². The molecule has 0 aromatic carbocycles. The Morgan fingerprint density at radius 3 is 2.35 bits per heavy atom. The molecule has 0 amide bonds. The Morgan fingerprint density at radius 1 is 0.957 bits per heavy atom. The van der Waals surface area contributed by atoms with Crippen molar-refractivity contribution < 1.29 is 12.8 Å². The molecule has 0 spiro atoms. The van der Waals surface area contributed by atoms with Gasteiger partial charge in [0.05, 0.1) is 12.8 Å². The summed E-state index contributed by atoms with van der Waals surface area (Å²) < 4.78 is 32.4. The van der Waals surface area contributed by atoms with E-state index in [0.29, 0.717) is 5.76 Å². The zero-order chi connectivity index (χ0) is 16.1. The lowest BCUT2D eigenvalue weighted by Gasteiger charge is -2.21. The molecule has 0 aliphatic heterocycles. The van der Waals surface area contributed by atoms with Crippen molar-refractivity contribution in [1.82, 2.24) is 14.3 Å². The maximum absolute atomic E-state index is 12.9. The quantitative estimate of drug-likeness (QED) is 0.694. The summed E-state index contributed by atoms with van der Waals surface area (Å²) in [5.41, 5.74) is 0.798. The summed E-state index contributed by atoms with van der Waals surface area (Å²) in [5, 5.41) is 0. The molecule has 0 N–H and O–H groups in total. The monoisotopic (exact) mass is 329 g/mol.